The summed E-state index contributed by atoms with van der Waals surface area (Å²) in [7, 11) is 0. The molecule has 0 spiro atoms. The van der Waals surface area contributed by atoms with Crippen molar-refractivity contribution in [2.24, 2.45) is 0 Å². The lowest BCUT2D eigenvalue weighted by molar-refractivity contribution is -0.121. The zero-order chi connectivity index (χ0) is 21.6. The Kier molecular flexibility index (Phi) is 5.84. The van der Waals surface area contributed by atoms with Crippen LogP contribution in [0.4, 0.5) is 0 Å². The molecule has 0 radical (unpaired) electrons. The Morgan fingerprint density at radius 2 is 1.52 bits per heavy atom. The Labute approximate surface area is 178 Å². The number of carbonyl (C=O) groups excluding carboxylic acids is 3. The molecule has 0 saturated heterocycles. The van der Waals surface area contributed by atoms with E-state index in [0.717, 1.165) is 16.3 Å². The summed E-state index contributed by atoms with van der Waals surface area (Å²) in [5.41, 5.74) is 6.92. The van der Waals surface area contributed by atoms with Gasteiger partial charge in [0.05, 0.1) is 5.69 Å². The molecule has 4 rings (SSSR count). The van der Waals surface area contributed by atoms with Crippen molar-refractivity contribution >= 4 is 28.4 Å². The van der Waals surface area contributed by atoms with Crippen LogP contribution in [0.2, 0.25) is 0 Å². The Balaban J connectivity index is 1.27. The van der Waals surface area contributed by atoms with Crippen molar-refractivity contribution in [3.63, 3.8) is 0 Å². The van der Waals surface area contributed by atoms with Gasteiger partial charge in [-0.2, -0.15) is 5.10 Å². The molecule has 0 fully saturated rings. The van der Waals surface area contributed by atoms with E-state index in [1.807, 2.05) is 66.7 Å². The fourth-order valence-corrected chi connectivity index (χ4v) is 3.19. The highest BCUT2D eigenvalue weighted by Gasteiger charge is 2.13. The molecule has 0 unspecified atom stereocenters. The first-order chi connectivity index (χ1) is 15.1. The van der Waals surface area contributed by atoms with E-state index in [1.54, 1.807) is 12.1 Å². The lowest BCUT2D eigenvalue weighted by Gasteiger charge is -2.06. The second kappa shape index (κ2) is 9.04. The van der Waals surface area contributed by atoms with Crippen LogP contribution in [0.15, 0.2) is 78.9 Å². The third-order valence-corrected chi connectivity index (χ3v) is 4.86. The predicted molar refractivity (Wildman–Crippen MR) is 117 cm³/mol. The number of H-pyrrole nitrogens is 1. The topological polar surface area (TPSA) is 104 Å². The standard InChI is InChI=1S/C24H20N4O3/c29-22(19-11-10-16-6-4-5-9-18(16)14-19)12-13-23(30)27-28-24(31)21-15-20(25-26-21)17-7-2-1-3-8-17/h1-11,14-15H,12-13H2,(H,25,26)(H,27,30)(H,28,31). The highest BCUT2D eigenvalue weighted by atomic mass is 16.2. The number of Topliss-reactive ketones (excluding diaryl/α,β-unsaturated/α-hetero) is 1. The monoisotopic (exact) mass is 412 g/mol. The summed E-state index contributed by atoms with van der Waals surface area (Å²) in [6, 6.07) is 24.2. The molecule has 3 N–H and O–H groups in total. The van der Waals surface area contributed by atoms with Crippen LogP contribution in [0.3, 0.4) is 0 Å². The number of amides is 2. The summed E-state index contributed by atoms with van der Waals surface area (Å²) in [5, 5.41) is 8.77. The van der Waals surface area contributed by atoms with Crippen molar-refractivity contribution in [2.75, 3.05) is 0 Å². The zero-order valence-corrected chi connectivity index (χ0v) is 16.6. The number of aromatic amines is 1. The third-order valence-electron chi connectivity index (χ3n) is 4.86. The number of hydrazine groups is 1. The number of carbonyl (C=O) groups is 3. The van der Waals surface area contributed by atoms with E-state index in [0.29, 0.717) is 11.3 Å². The second-order valence-electron chi connectivity index (χ2n) is 7.02. The van der Waals surface area contributed by atoms with Crippen molar-refractivity contribution in [2.45, 2.75) is 12.8 Å². The van der Waals surface area contributed by atoms with Gasteiger partial charge in [-0.15, -0.1) is 0 Å². The molecule has 0 aliphatic carbocycles. The van der Waals surface area contributed by atoms with Gasteiger partial charge in [-0.3, -0.25) is 30.3 Å². The molecule has 7 nitrogen and oxygen atoms in total. The van der Waals surface area contributed by atoms with Gasteiger partial charge in [0.15, 0.2) is 5.78 Å². The molecule has 1 heterocycles. The highest BCUT2D eigenvalue weighted by molar-refractivity contribution is 6.01. The van der Waals surface area contributed by atoms with Crippen LogP contribution in [-0.2, 0) is 4.79 Å². The van der Waals surface area contributed by atoms with Gasteiger partial charge in [-0.05, 0) is 22.9 Å². The van der Waals surface area contributed by atoms with Gasteiger partial charge >= 0.3 is 0 Å². The van der Waals surface area contributed by atoms with Crippen LogP contribution in [0, 0.1) is 0 Å². The number of nitrogens with one attached hydrogen (secondary N) is 3. The van der Waals surface area contributed by atoms with Crippen LogP contribution in [0.25, 0.3) is 22.0 Å². The number of benzene rings is 3. The minimum absolute atomic E-state index is 0.0375. The van der Waals surface area contributed by atoms with Crippen LogP contribution >= 0.6 is 0 Å². The summed E-state index contributed by atoms with van der Waals surface area (Å²) in [6.45, 7) is 0. The first-order valence-corrected chi connectivity index (χ1v) is 9.82. The maximum Gasteiger partial charge on any atom is 0.287 e. The van der Waals surface area contributed by atoms with Crippen molar-refractivity contribution in [1.29, 1.82) is 0 Å². The highest BCUT2D eigenvalue weighted by Crippen LogP contribution is 2.18. The molecule has 0 atom stereocenters. The first kappa shape index (κ1) is 20.0. The molecule has 4 aromatic rings. The Hall–Kier alpha value is -4.26. The average molecular weight is 412 g/mol. The number of fused-ring (bicyclic) bond motifs is 1. The first-order valence-electron chi connectivity index (χ1n) is 9.82. The fourth-order valence-electron chi connectivity index (χ4n) is 3.19. The van der Waals surface area contributed by atoms with Crippen LogP contribution in [0.1, 0.15) is 33.7 Å². The lowest BCUT2D eigenvalue weighted by Crippen LogP contribution is -2.41. The molecule has 1 aromatic heterocycles. The molecule has 3 aromatic carbocycles. The number of nitrogens with zero attached hydrogens (tertiary/aromatic N) is 1. The molecule has 31 heavy (non-hydrogen) atoms. The molecule has 0 bridgehead atoms. The number of rotatable bonds is 6. The summed E-state index contributed by atoms with van der Waals surface area (Å²) >= 11 is 0. The molecular formula is C24H20N4O3. The summed E-state index contributed by atoms with van der Waals surface area (Å²) in [4.78, 5) is 36.7. The van der Waals surface area contributed by atoms with E-state index in [4.69, 9.17) is 0 Å². The van der Waals surface area contributed by atoms with Gasteiger partial charge < -0.3 is 0 Å². The molecule has 0 aliphatic heterocycles. The second-order valence-corrected chi connectivity index (χ2v) is 7.02. The summed E-state index contributed by atoms with van der Waals surface area (Å²) < 4.78 is 0. The number of hydrogen-bond donors (Lipinski definition) is 3. The van der Waals surface area contributed by atoms with E-state index in [1.165, 1.54) is 0 Å². The maximum absolute atomic E-state index is 12.4. The Morgan fingerprint density at radius 3 is 2.32 bits per heavy atom. The number of aromatic nitrogens is 2. The zero-order valence-electron chi connectivity index (χ0n) is 16.6. The Morgan fingerprint density at radius 1 is 0.774 bits per heavy atom. The third kappa shape index (κ3) is 4.84. The predicted octanol–water partition coefficient (Wildman–Crippen LogP) is 3.65. The summed E-state index contributed by atoms with van der Waals surface area (Å²) in [5.74, 6) is -1.11. The Bertz CT molecular complexity index is 1250. The van der Waals surface area contributed by atoms with Gasteiger partial charge in [0, 0.05) is 24.0 Å². The van der Waals surface area contributed by atoms with Crippen molar-refractivity contribution < 1.29 is 14.4 Å². The quantitative estimate of drug-likeness (QED) is 0.332. The van der Waals surface area contributed by atoms with Crippen molar-refractivity contribution in [1.82, 2.24) is 21.0 Å². The minimum Gasteiger partial charge on any atom is -0.294 e. The van der Waals surface area contributed by atoms with Crippen LogP contribution in [0.5, 0.6) is 0 Å². The van der Waals surface area contributed by atoms with Gasteiger partial charge in [-0.25, -0.2) is 0 Å². The van der Waals surface area contributed by atoms with E-state index < -0.39 is 11.8 Å². The number of ketones is 1. The fraction of sp³-hybridized carbons (Fsp3) is 0.0833. The van der Waals surface area contributed by atoms with E-state index in [9.17, 15) is 14.4 Å². The molecule has 154 valence electrons. The molecule has 0 aliphatic rings. The van der Waals surface area contributed by atoms with Crippen molar-refractivity contribution in [3.05, 3.63) is 90.1 Å². The SMILES string of the molecule is O=C(CCC(=O)c1ccc2ccccc2c1)NNC(=O)c1cc(-c2ccccc2)n[nH]1. The molecular weight excluding hydrogens is 392 g/mol. The average Bonchev–Trinajstić information content (AvgIpc) is 3.32. The van der Waals surface area contributed by atoms with E-state index in [-0.39, 0.29) is 24.3 Å². The molecule has 0 saturated carbocycles. The van der Waals surface area contributed by atoms with Crippen LogP contribution in [-0.4, -0.2) is 27.8 Å². The number of hydrogen-bond acceptors (Lipinski definition) is 4. The van der Waals surface area contributed by atoms with Gasteiger partial charge in [0.1, 0.15) is 5.69 Å². The normalized spacial score (nSPS) is 10.6. The summed E-state index contributed by atoms with van der Waals surface area (Å²) in [6.07, 6.45) is 0.00639. The minimum atomic E-state index is -0.524. The van der Waals surface area contributed by atoms with Crippen molar-refractivity contribution in [3.8, 4) is 11.3 Å². The molecule has 2 amide bonds. The maximum atomic E-state index is 12.4. The smallest absolute Gasteiger partial charge is 0.287 e. The van der Waals surface area contributed by atoms with Gasteiger partial charge in [0.2, 0.25) is 5.91 Å². The van der Waals surface area contributed by atoms with E-state index in [2.05, 4.69) is 21.0 Å². The lowest BCUT2D eigenvalue weighted by atomic mass is 10.0. The largest absolute Gasteiger partial charge is 0.294 e. The van der Waals surface area contributed by atoms with Crippen LogP contribution < -0.4 is 10.9 Å². The van der Waals surface area contributed by atoms with Gasteiger partial charge in [-0.1, -0.05) is 66.7 Å². The van der Waals surface area contributed by atoms with Gasteiger partial charge in [0.25, 0.3) is 5.91 Å². The van der Waals surface area contributed by atoms with E-state index >= 15 is 0 Å². The molecule has 7 heteroatoms.